The number of carbonyl (C=O) groups excluding carboxylic acids is 1. The summed E-state index contributed by atoms with van der Waals surface area (Å²) in [5.74, 6) is -0.285. The highest BCUT2D eigenvalue weighted by atomic mass is 35.5. The molecule has 8 rings (SSSR count). The van der Waals surface area contributed by atoms with Gasteiger partial charge >= 0.3 is 5.69 Å². The van der Waals surface area contributed by atoms with Crippen molar-refractivity contribution in [2.45, 2.75) is 50.8 Å². The van der Waals surface area contributed by atoms with Crippen molar-refractivity contribution in [3.63, 3.8) is 0 Å². The van der Waals surface area contributed by atoms with Crippen molar-refractivity contribution in [1.29, 1.82) is 0 Å². The van der Waals surface area contributed by atoms with Crippen LogP contribution in [0.3, 0.4) is 0 Å². The Morgan fingerprint density at radius 3 is 2.48 bits per heavy atom. The lowest BCUT2D eigenvalue weighted by molar-refractivity contribution is -0.386. The van der Waals surface area contributed by atoms with E-state index in [1.54, 1.807) is 30.5 Å². The van der Waals surface area contributed by atoms with Crippen molar-refractivity contribution in [2.24, 2.45) is 11.3 Å². The zero-order chi connectivity index (χ0) is 43.6. The molecule has 326 valence electrons. The summed E-state index contributed by atoms with van der Waals surface area (Å²) in [6, 6.07) is 20.2. The number of halogens is 1. The van der Waals surface area contributed by atoms with Gasteiger partial charge in [-0.1, -0.05) is 43.2 Å². The van der Waals surface area contributed by atoms with Crippen LogP contribution in [0.2, 0.25) is 5.02 Å². The van der Waals surface area contributed by atoms with Gasteiger partial charge in [0, 0.05) is 67.1 Å². The summed E-state index contributed by atoms with van der Waals surface area (Å²) in [7, 11) is -2.53. The molecule has 0 bridgehead atoms. The van der Waals surface area contributed by atoms with Gasteiger partial charge in [0.2, 0.25) is 0 Å². The number of amides is 1. The lowest BCUT2D eigenvalue weighted by atomic mass is 9.72. The number of nitrogens with zero attached hydrogens (tertiary/aromatic N) is 5. The number of nitro groups is 1. The second-order valence-electron chi connectivity index (χ2n) is 17.4. The molecule has 3 aromatic carbocycles. The van der Waals surface area contributed by atoms with E-state index in [9.17, 15) is 23.3 Å². The number of rotatable bonds is 13. The number of pyridine rings is 1. The molecule has 1 aliphatic carbocycles. The molecule has 0 saturated carbocycles. The molecule has 3 aliphatic rings. The predicted octanol–water partition coefficient (Wildman–Crippen LogP) is 8.54. The number of anilines is 1. The van der Waals surface area contributed by atoms with Crippen molar-refractivity contribution in [2.75, 3.05) is 64.4 Å². The molecule has 62 heavy (non-hydrogen) atoms. The molecule has 2 fully saturated rings. The first-order valence-electron chi connectivity index (χ1n) is 21.1. The van der Waals surface area contributed by atoms with E-state index < -0.39 is 31.4 Å². The molecule has 2 aromatic heterocycles. The fourth-order valence-corrected chi connectivity index (χ4v) is 9.69. The van der Waals surface area contributed by atoms with Crippen LogP contribution in [0, 0.1) is 21.4 Å². The van der Waals surface area contributed by atoms with Crippen molar-refractivity contribution < 1.29 is 27.6 Å². The minimum atomic E-state index is -4.57. The summed E-state index contributed by atoms with van der Waals surface area (Å²) >= 11 is 6.24. The molecule has 5 aromatic rings. The SMILES string of the molecule is CN1CCC(COc2ccc(S(=O)(=O)NC(=O)c3ccc(N4CCN(CC5=C(c6ccc(Cl)cc6)CC(C)(C)CC5)CC4)cc3Oc3cnc4[nH]ccc4c3)cc2[N+](=O)[O-])CC1. The van der Waals surface area contributed by atoms with Gasteiger partial charge in [-0.2, -0.15) is 0 Å². The molecule has 14 nitrogen and oxygen atoms in total. The van der Waals surface area contributed by atoms with E-state index in [4.69, 9.17) is 21.1 Å². The monoisotopic (exact) mass is 881 g/mol. The fraction of sp³-hybridized carbons (Fsp3) is 0.391. The Morgan fingerprint density at radius 1 is 0.984 bits per heavy atom. The van der Waals surface area contributed by atoms with Gasteiger partial charge in [0.25, 0.3) is 15.9 Å². The predicted molar refractivity (Wildman–Crippen MR) is 241 cm³/mol. The second-order valence-corrected chi connectivity index (χ2v) is 19.6. The maximum absolute atomic E-state index is 13.9. The van der Waals surface area contributed by atoms with Crippen molar-refractivity contribution in [1.82, 2.24) is 24.5 Å². The van der Waals surface area contributed by atoms with Crippen LogP contribution in [0.1, 0.15) is 61.9 Å². The van der Waals surface area contributed by atoms with Gasteiger partial charge in [-0.3, -0.25) is 19.8 Å². The van der Waals surface area contributed by atoms with E-state index in [0.29, 0.717) is 11.4 Å². The number of likely N-dealkylation sites (tertiary alicyclic amines) is 1. The number of H-pyrrole nitrogens is 1. The van der Waals surface area contributed by atoms with Crippen LogP contribution in [0.15, 0.2) is 95.7 Å². The molecule has 1 amide bonds. The molecule has 16 heteroatoms. The highest BCUT2D eigenvalue weighted by Crippen LogP contribution is 2.43. The van der Waals surface area contributed by atoms with E-state index in [0.717, 1.165) is 100 Å². The molecule has 0 radical (unpaired) electrons. The van der Waals surface area contributed by atoms with Crippen molar-refractivity contribution >= 4 is 55.5 Å². The third-order valence-corrected chi connectivity index (χ3v) is 13.9. The Kier molecular flexibility index (Phi) is 12.6. The minimum Gasteiger partial charge on any atom is -0.487 e. The number of ether oxygens (including phenoxy) is 2. The Labute approximate surface area is 367 Å². The summed E-state index contributed by atoms with van der Waals surface area (Å²) in [6.07, 6.45) is 8.27. The van der Waals surface area contributed by atoms with E-state index in [1.165, 1.54) is 35.0 Å². The van der Waals surface area contributed by atoms with Crippen LogP contribution in [-0.4, -0.2) is 98.5 Å². The number of sulfonamides is 1. The number of aromatic nitrogens is 2. The molecule has 0 atom stereocenters. The smallest absolute Gasteiger partial charge is 0.312 e. The number of nitrogens with one attached hydrogen (secondary N) is 2. The van der Waals surface area contributed by atoms with Gasteiger partial charge < -0.3 is 24.3 Å². The summed E-state index contributed by atoms with van der Waals surface area (Å²) in [5.41, 5.74) is 5.25. The Bertz CT molecular complexity index is 2600. The van der Waals surface area contributed by atoms with Crippen molar-refractivity contribution in [3.8, 4) is 17.2 Å². The van der Waals surface area contributed by atoms with E-state index in [1.807, 2.05) is 25.2 Å². The van der Waals surface area contributed by atoms with E-state index in [2.05, 4.69) is 55.4 Å². The number of aromatic amines is 1. The number of hydrogen-bond donors (Lipinski definition) is 2. The standard InChI is InChI=1S/C46H52ClN7O7S/c1-46(2)16-12-34(40(27-46)32-4-6-35(47)7-5-32)29-52-20-22-53(23-21-52)36-8-10-39(43(25-36)61-37-24-33-13-17-48-44(33)49-28-37)45(55)50-62(58,59)38-9-11-42(41(26-38)54(56)57)60-30-31-14-18-51(3)19-15-31/h4-11,13,17,24-26,28,31H,12,14-16,18-23,27,29-30H2,1-3H3,(H,48,49)(H,50,55). The van der Waals surface area contributed by atoms with Crippen LogP contribution >= 0.6 is 11.6 Å². The Morgan fingerprint density at radius 2 is 1.74 bits per heavy atom. The van der Waals surface area contributed by atoms with Crippen LogP contribution in [-0.2, 0) is 10.0 Å². The Hall–Kier alpha value is -5.48. The topological polar surface area (TPSA) is 163 Å². The van der Waals surface area contributed by atoms with Crippen LogP contribution in [0.4, 0.5) is 11.4 Å². The Balaban J connectivity index is 0.998. The average molecular weight is 882 g/mol. The summed E-state index contributed by atoms with van der Waals surface area (Å²) in [4.78, 5) is 39.3. The number of carbonyl (C=O) groups is 1. The van der Waals surface area contributed by atoms with Crippen molar-refractivity contribution in [3.05, 3.63) is 117 Å². The highest BCUT2D eigenvalue weighted by Gasteiger charge is 2.31. The number of fused-ring (bicyclic) bond motifs is 1. The minimum absolute atomic E-state index is 0.0304. The summed E-state index contributed by atoms with van der Waals surface area (Å²) in [6.45, 7) is 10.7. The highest BCUT2D eigenvalue weighted by molar-refractivity contribution is 7.90. The maximum Gasteiger partial charge on any atom is 0.312 e. The van der Waals surface area contributed by atoms with E-state index in [-0.39, 0.29) is 35.0 Å². The lowest BCUT2D eigenvalue weighted by Gasteiger charge is -2.39. The summed E-state index contributed by atoms with van der Waals surface area (Å²) < 4.78 is 41.6. The maximum atomic E-state index is 13.9. The molecule has 2 aliphatic heterocycles. The molecular formula is C46H52ClN7O7S. The zero-order valence-electron chi connectivity index (χ0n) is 35.2. The van der Waals surface area contributed by atoms with Gasteiger partial charge in [0.15, 0.2) is 5.75 Å². The first-order valence-corrected chi connectivity index (χ1v) is 22.9. The number of nitro benzene ring substituents is 1. The van der Waals surface area contributed by atoms with Gasteiger partial charge in [0.05, 0.1) is 28.2 Å². The van der Waals surface area contributed by atoms with Crippen LogP contribution in [0.5, 0.6) is 17.2 Å². The number of hydrogen-bond acceptors (Lipinski definition) is 11. The first-order chi connectivity index (χ1) is 29.7. The third-order valence-electron chi connectivity index (χ3n) is 12.3. The normalized spacial score (nSPS) is 17.9. The lowest BCUT2D eigenvalue weighted by Crippen LogP contribution is -2.47. The summed E-state index contributed by atoms with van der Waals surface area (Å²) in [5, 5.41) is 13.6. The van der Waals surface area contributed by atoms with Crippen LogP contribution in [0.25, 0.3) is 16.6 Å². The molecule has 2 saturated heterocycles. The first kappa shape index (κ1) is 43.2. The molecule has 4 heterocycles. The molecule has 0 unspecified atom stereocenters. The molecule has 0 spiro atoms. The number of piperazine rings is 1. The number of allylic oxidation sites excluding steroid dienone is 1. The number of benzene rings is 3. The van der Waals surface area contributed by atoms with Gasteiger partial charge in [-0.15, -0.1) is 0 Å². The molecule has 2 N–H and O–H groups in total. The average Bonchev–Trinajstić information content (AvgIpc) is 3.72. The zero-order valence-corrected chi connectivity index (χ0v) is 36.8. The van der Waals surface area contributed by atoms with Gasteiger partial charge in [0.1, 0.15) is 17.1 Å². The van der Waals surface area contributed by atoms with E-state index >= 15 is 0 Å². The number of piperidine rings is 1. The van der Waals surface area contributed by atoms with Crippen LogP contribution < -0.4 is 19.1 Å². The largest absolute Gasteiger partial charge is 0.487 e. The quantitative estimate of drug-likeness (QED) is 0.0861. The third kappa shape index (κ3) is 10.1. The van der Waals surface area contributed by atoms with Gasteiger partial charge in [-0.05, 0) is 123 Å². The van der Waals surface area contributed by atoms with Gasteiger partial charge in [-0.25, -0.2) is 18.1 Å². The fourth-order valence-electron chi connectivity index (χ4n) is 8.58. The molecular weight excluding hydrogens is 830 g/mol. The second kappa shape index (κ2) is 18.1.